The minimum atomic E-state index is -1.23. The zero-order valence-corrected chi connectivity index (χ0v) is 19.5. The highest BCUT2D eigenvalue weighted by Gasteiger charge is 2.51. The average Bonchev–Trinajstić information content (AvgIpc) is 2.71. The standard InChI is InChI=1S/C22H28N2O10/c1-11(25)23-16-6-8-17(9-7-16)33-22-19(24-12(2)26)21(32-15(5)29)20(31-14(4)28)18(34-22)10-30-13(3)27/h6-9,18-22H,10H2,1-5H3,(H,23,25)(H,24,26)/t18-,19-,20-,21-,22-/m1/s1. The number of anilines is 1. The highest BCUT2D eigenvalue weighted by molar-refractivity contribution is 5.88. The van der Waals surface area contributed by atoms with E-state index < -0.39 is 54.5 Å². The van der Waals surface area contributed by atoms with Crippen LogP contribution in [0.2, 0.25) is 0 Å². The number of hydrogen-bond acceptors (Lipinski definition) is 10. The van der Waals surface area contributed by atoms with Crippen LogP contribution in [-0.4, -0.2) is 67.0 Å². The van der Waals surface area contributed by atoms with Gasteiger partial charge in [-0.2, -0.15) is 0 Å². The molecule has 0 spiro atoms. The summed E-state index contributed by atoms with van der Waals surface area (Å²) in [7, 11) is 0. The number of nitrogens with one attached hydrogen (secondary N) is 2. The summed E-state index contributed by atoms with van der Waals surface area (Å²) in [6.07, 6.45) is -4.74. The summed E-state index contributed by atoms with van der Waals surface area (Å²) >= 11 is 0. The van der Waals surface area contributed by atoms with Gasteiger partial charge in [0.1, 0.15) is 24.5 Å². The number of carbonyl (C=O) groups excluding carboxylic acids is 5. The number of ether oxygens (including phenoxy) is 5. The molecular weight excluding hydrogens is 452 g/mol. The average molecular weight is 480 g/mol. The smallest absolute Gasteiger partial charge is 0.303 e. The molecule has 5 atom stereocenters. The van der Waals surface area contributed by atoms with Crippen LogP contribution in [0.4, 0.5) is 5.69 Å². The van der Waals surface area contributed by atoms with E-state index in [1.807, 2.05) is 0 Å². The third-order valence-corrected chi connectivity index (χ3v) is 4.50. The number of benzene rings is 1. The first-order chi connectivity index (χ1) is 16.0. The SMILES string of the molecule is CC(=O)Nc1ccc(O[C@@H]2O[C@H](COC(C)=O)[C@@H](OC(C)=O)[C@H](OC(C)=O)[C@H]2NC(C)=O)cc1. The third kappa shape index (κ3) is 8.03. The van der Waals surface area contributed by atoms with E-state index in [0.29, 0.717) is 11.4 Å². The second-order valence-electron chi connectivity index (χ2n) is 7.54. The van der Waals surface area contributed by atoms with Gasteiger partial charge in [-0.25, -0.2) is 0 Å². The van der Waals surface area contributed by atoms with E-state index in [1.54, 1.807) is 24.3 Å². The molecule has 1 aromatic rings. The van der Waals surface area contributed by atoms with Crippen LogP contribution in [0.3, 0.4) is 0 Å². The number of esters is 3. The lowest BCUT2D eigenvalue weighted by Crippen LogP contribution is -2.67. The van der Waals surface area contributed by atoms with Crippen LogP contribution in [0.25, 0.3) is 0 Å². The number of amides is 2. The second-order valence-corrected chi connectivity index (χ2v) is 7.54. The van der Waals surface area contributed by atoms with Gasteiger partial charge in [-0.15, -0.1) is 0 Å². The normalized spacial score (nSPS) is 23.7. The molecular formula is C22H28N2O10. The zero-order chi connectivity index (χ0) is 25.4. The van der Waals surface area contributed by atoms with Crippen molar-refractivity contribution in [1.82, 2.24) is 5.32 Å². The molecule has 2 amide bonds. The fourth-order valence-electron chi connectivity index (χ4n) is 3.35. The minimum Gasteiger partial charge on any atom is -0.463 e. The molecule has 1 aromatic carbocycles. The lowest BCUT2D eigenvalue weighted by atomic mass is 9.96. The minimum absolute atomic E-state index is 0.246. The lowest BCUT2D eigenvalue weighted by Gasteiger charge is -2.44. The van der Waals surface area contributed by atoms with Crippen LogP contribution in [0.1, 0.15) is 34.6 Å². The van der Waals surface area contributed by atoms with Crippen molar-refractivity contribution >= 4 is 35.4 Å². The van der Waals surface area contributed by atoms with E-state index >= 15 is 0 Å². The van der Waals surface area contributed by atoms with Gasteiger partial charge in [0.15, 0.2) is 12.2 Å². The molecule has 2 rings (SSSR count). The van der Waals surface area contributed by atoms with E-state index in [-0.39, 0.29) is 12.5 Å². The van der Waals surface area contributed by atoms with Gasteiger partial charge in [-0.3, -0.25) is 24.0 Å². The molecule has 12 nitrogen and oxygen atoms in total. The molecule has 0 radical (unpaired) electrons. The Bertz CT molecular complexity index is 917. The summed E-state index contributed by atoms with van der Waals surface area (Å²) in [4.78, 5) is 58.2. The van der Waals surface area contributed by atoms with Gasteiger partial charge in [-0.1, -0.05) is 0 Å². The first kappa shape index (κ1) is 26.6. The summed E-state index contributed by atoms with van der Waals surface area (Å²) in [5, 5.41) is 5.23. The Morgan fingerprint density at radius 3 is 1.91 bits per heavy atom. The molecule has 186 valence electrons. The summed E-state index contributed by atoms with van der Waals surface area (Å²) in [5.74, 6) is -2.45. The van der Waals surface area contributed by atoms with E-state index in [2.05, 4.69) is 10.6 Å². The second kappa shape index (κ2) is 12.0. The van der Waals surface area contributed by atoms with Crippen molar-refractivity contribution in [2.75, 3.05) is 11.9 Å². The molecule has 1 saturated heterocycles. The van der Waals surface area contributed by atoms with Gasteiger partial charge in [0.25, 0.3) is 0 Å². The summed E-state index contributed by atoms with van der Waals surface area (Å²) in [5.41, 5.74) is 0.531. The first-order valence-electron chi connectivity index (χ1n) is 10.4. The maximum absolute atomic E-state index is 11.9. The van der Waals surface area contributed by atoms with Crippen molar-refractivity contribution in [2.45, 2.75) is 65.3 Å². The summed E-state index contributed by atoms with van der Waals surface area (Å²) in [6, 6.07) is 5.21. The van der Waals surface area contributed by atoms with E-state index in [1.165, 1.54) is 20.8 Å². The van der Waals surface area contributed by atoms with E-state index in [9.17, 15) is 24.0 Å². The van der Waals surface area contributed by atoms with Gasteiger partial charge in [0.05, 0.1) is 0 Å². The Kier molecular flexibility index (Phi) is 9.36. The predicted octanol–water partition coefficient (Wildman–Crippen LogP) is 0.680. The molecule has 34 heavy (non-hydrogen) atoms. The highest BCUT2D eigenvalue weighted by Crippen LogP contribution is 2.29. The molecule has 0 bridgehead atoms. The molecule has 1 aliphatic heterocycles. The van der Waals surface area contributed by atoms with Gasteiger partial charge in [-0.05, 0) is 24.3 Å². The molecule has 12 heteroatoms. The van der Waals surface area contributed by atoms with E-state index in [4.69, 9.17) is 23.7 Å². The Labute approximate surface area is 196 Å². The third-order valence-electron chi connectivity index (χ3n) is 4.50. The van der Waals surface area contributed by atoms with Crippen LogP contribution < -0.4 is 15.4 Å². The Hall–Kier alpha value is -3.67. The quantitative estimate of drug-likeness (QED) is 0.401. The fraction of sp³-hybridized carbons (Fsp3) is 0.500. The Morgan fingerprint density at radius 2 is 1.41 bits per heavy atom. The molecule has 0 aliphatic carbocycles. The van der Waals surface area contributed by atoms with Crippen molar-refractivity contribution in [3.05, 3.63) is 24.3 Å². The predicted molar refractivity (Wildman–Crippen MR) is 115 cm³/mol. The fourth-order valence-corrected chi connectivity index (χ4v) is 3.35. The monoisotopic (exact) mass is 480 g/mol. The maximum atomic E-state index is 11.9. The number of rotatable bonds is 8. The van der Waals surface area contributed by atoms with Crippen molar-refractivity contribution < 1.29 is 47.7 Å². The Morgan fingerprint density at radius 1 is 0.824 bits per heavy atom. The van der Waals surface area contributed by atoms with Gasteiger partial charge >= 0.3 is 17.9 Å². The molecule has 1 aliphatic rings. The van der Waals surface area contributed by atoms with Gasteiger partial charge < -0.3 is 34.3 Å². The van der Waals surface area contributed by atoms with Crippen LogP contribution in [0.5, 0.6) is 5.75 Å². The first-order valence-corrected chi connectivity index (χ1v) is 10.4. The van der Waals surface area contributed by atoms with Crippen molar-refractivity contribution in [3.63, 3.8) is 0 Å². The molecule has 1 fully saturated rings. The Balaban J connectivity index is 2.40. The number of carbonyl (C=O) groups is 5. The molecule has 0 aromatic heterocycles. The molecule has 1 heterocycles. The number of hydrogen-bond donors (Lipinski definition) is 2. The molecule has 0 saturated carbocycles. The molecule has 0 unspecified atom stereocenters. The van der Waals surface area contributed by atoms with Crippen molar-refractivity contribution in [2.24, 2.45) is 0 Å². The molecule has 2 N–H and O–H groups in total. The summed E-state index contributed by atoms with van der Waals surface area (Å²) < 4.78 is 27.6. The van der Waals surface area contributed by atoms with Crippen LogP contribution in [-0.2, 0) is 42.9 Å². The summed E-state index contributed by atoms with van der Waals surface area (Å²) in [6.45, 7) is 5.78. The zero-order valence-electron chi connectivity index (χ0n) is 19.5. The highest BCUT2D eigenvalue weighted by atomic mass is 16.7. The van der Waals surface area contributed by atoms with Crippen LogP contribution in [0.15, 0.2) is 24.3 Å². The van der Waals surface area contributed by atoms with Gasteiger partial charge in [0, 0.05) is 40.3 Å². The lowest BCUT2D eigenvalue weighted by molar-refractivity contribution is -0.257. The van der Waals surface area contributed by atoms with Crippen molar-refractivity contribution in [1.29, 1.82) is 0 Å². The van der Waals surface area contributed by atoms with E-state index in [0.717, 1.165) is 13.8 Å². The maximum Gasteiger partial charge on any atom is 0.303 e. The van der Waals surface area contributed by atoms with Gasteiger partial charge in [0.2, 0.25) is 18.1 Å². The van der Waals surface area contributed by atoms with Crippen molar-refractivity contribution in [3.8, 4) is 5.75 Å². The topological polar surface area (TPSA) is 156 Å². The largest absolute Gasteiger partial charge is 0.463 e. The van der Waals surface area contributed by atoms with Crippen LogP contribution >= 0.6 is 0 Å². The van der Waals surface area contributed by atoms with Crippen LogP contribution in [0, 0.1) is 0 Å².